The Labute approximate surface area is 119 Å². The van der Waals surface area contributed by atoms with Crippen LogP contribution in [0.5, 0.6) is 0 Å². The molecule has 0 aliphatic heterocycles. The number of rotatable bonds is 3. The summed E-state index contributed by atoms with van der Waals surface area (Å²) in [6.45, 7) is 3.73. The summed E-state index contributed by atoms with van der Waals surface area (Å²) in [6, 6.07) is 2.07. The fourth-order valence-corrected chi connectivity index (χ4v) is 3.55. The van der Waals surface area contributed by atoms with E-state index in [1.807, 2.05) is 13.8 Å². The molecule has 19 heavy (non-hydrogen) atoms. The van der Waals surface area contributed by atoms with E-state index in [-0.39, 0.29) is 12.5 Å². The summed E-state index contributed by atoms with van der Waals surface area (Å²) in [5.74, 6) is 0.0251. The Hall–Kier alpha value is -0.870. The molecule has 1 aliphatic carbocycles. The van der Waals surface area contributed by atoms with Gasteiger partial charge in [0, 0.05) is 11.9 Å². The summed E-state index contributed by atoms with van der Waals surface area (Å²) >= 11 is 1.64. The molecule has 0 spiro atoms. The van der Waals surface area contributed by atoms with Gasteiger partial charge in [-0.1, -0.05) is 6.42 Å². The Morgan fingerprint density at radius 2 is 2.05 bits per heavy atom. The van der Waals surface area contributed by atoms with Gasteiger partial charge < -0.3 is 10.0 Å². The molecule has 106 valence electrons. The van der Waals surface area contributed by atoms with E-state index in [0.717, 1.165) is 17.7 Å². The highest BCUT2D eigenvalue weighted by molar-refractivity contribution is 7.14. The van der Waals surface area contributed by atoms with Crippen molar-refractivity contribution in [1.29, 1.82) is 0 Å². The number of thiophene rings is 1. The number of amides is 1. The molecular weight excluding hydrogens is 258 g/mol. The summed E-state index contributed by atoms with van der Waals surface area (Å²) in [6.07, 6.45) is 5.98. The zero-order chi connectivity index (χ0) is 14.0. The highest BCUT2D eigenvalue weighted by Gasteiger charge is 2.29. The molecule has 1 heterocycles. The third-order valence-electron chi connectivity index (χ3n) is 4.06. The second kappa shape index (κ2) is 5.63. The largest absolute Gasteiger partial charge is 0.394 e. The normalized spacial score (nSPS) is 15.8. The maximum absolute atomic E-state index is 12.5. The van der Waals surface area contributed by atoms with Crippen molar-refractivity contribution in [3.63, 3.8) is 0 Å². The lowest BCUT2D eigenvalue weighted by Crippen LogP contribution is -2.47. The summed E-state index contributed by atoms with van der Waals surface area (Å²) in [5.41, 5.74) is 0.847. The van der Waals surface area contributed by atoms with Crippen molar-refractivity contribution in [2.24, 2.45) is 0 Å². The van der Waals surface area contributed by atoms with Gasteiger partial charge in [0.15, 0.2) is 0 Å². The van der Waals surface area contributed by atoms with Crippen molar-refractivity contribution in [1.82, 2.24) is 4.90 Å². The minimum absolute atomic E-state index is 0.0251. The molecule has 1 aromatic heterocycles. The molecule has 0 atom stereocenters. The number of aliphatic hydroxyl groups excluding tert-OH is 1. The number of likely N-dealkylation sites (N-methyl/N-ethyl adjacent to an activating group) is 1. The first kappa shape index (κ1) is 14.5. The lowest BCUT2D eigenvalue weighted by atomic mass is 10.0. The van der Waals surface area contributed by atoms with Crippen LogP contribution >= 0.6 is 11.3 Å². The van der Waals surface area contributed by atoms with E-state index in [9.17, 15) is 9.90 Å². The Kier molecular flexibility index (Phi) is 4.31. The summed E-state index contributed by atoms with van der Waals surface area (Å²) in [5, 5.41) is 9.37. The molecule has 4 heteroatoms. The van der Waals surface area contributed by atoms with Crippen LogP contribution in [0.3, 0.4) is 0 Å². The number of aryl methyl sites for hydroxylation is 2. The van der Waals surface area contributed by atoms with Gasteiger partial charge in [-0.2, -0.15) is 0 Å². The van der Waals surface area contributed by atoms with Gasteiger partial charge in [0.25, 0.3) is 5.91 Å². The molecule has 2 rings (SSSR count). The van der Waals surface area contributed by atoms with Gasteiger partial charge >= 0.3 is 0 Å². The third-order valence-corrected chi connectivity index (χ3v) is 5.28. The lowest BCUT2D eigenvalue weighted by Gasteiger charge is -2.33. The molecule has 0 radical (unpaired) electrons. The lowest BCUT2D eigenvalue weighted by molar-refractivity contribution is 0.0477. The van der Waals surface area contributed by atoms with Gasteiger partial charge in [-0.25, -0.2) is 0 Å². The predicted molar refractivity (Wildman–Crippen MR) is 78.8 cm³/mol. The van der Waals surface area contributed by atoms with Crippen LogP contribution in [0.2, 0.25) is 0 Å². The van der Waals surface area contributed by atoms with Crippen molar-refractivity contribution in [3.8, 4) is 0 Å². The quantitative estimate of drug-likeness (QED) is 0.866. The van der Waals surface area contributed by atoms with Crippen LogP contribution in [0.15, 0.2) is 6.07 Å². The van der Waals surface area contributed by atoms with E-state index in [2.05, 4.69) is 6.07 Å². The van der Waals surface area contributed by atoms with E-state index in [1.165, 1.54) is 29.7 Å². The van der Waals surface area contributed by atoms with Gasteiger partial charge in [-0.15, -0.1) is 11.3 Å². The summed E-state index contributed by atoms with van der Waals surface area (Å²) in [7, 11) is 1.77. The topological polar surface area (TPSA) is 40.5 Å². The van der Waals surface area contributed by atoms with Crippen LogP contribution in [0.4, 0.5) is 0 Å². The number of nitrogens with zero attached hydrogens (tertiary/aromatic N) is 1. The Morgan fingerprint density at radius 1 is 1.37 bits per heavy atom. The first-order valence-electron chi connectivity index (χ1n) is 6.96. The van der Waals surface area contributed by atoms with Crippen molar-refractivity contribution >= 4 is 17.2 Å². The molecule has 1 N–H and O–H groups in total. The number of carbonyl (C=O) groups is 1. The molecule has 3 nitrogen and oxygen atoms in total. The summed E-state index contributed by atoms with van der Waals surface area (Å²) < 4.78 is 0. The Morgan fingerprint density at radius 3 is 2.74 bits per heavy atom. The van der Waals surface area contributed by atoms with Crippen molar-refractivity contribution in [2.45, 2.75) is 51.5 Å². The van der Waals surface area contributed by atoms with Crippen molar-refractivity contribution in [3.05, 3.63) is 21.4 Å². The van der Waals surface area contributed by atoms with Crippen LogP contribution < -0.4 is 0 Å². The fourth-order valence-electron chi connectivity index (χ4n) is 2.32. The molecule has 1 aliphatic rings. The molecule has 0 aromatic carbocycles. The fraction of sp³-hybridized carbons (Fsp3) is 0.667. The van der Waals surface area contributed by atoms with Crippen molar-refractivity contribution in [2.75, 3.05) is 13.7 Å². The van der Waals surface area contributed by atoms with Gasteiger partial charge in [0.05, 0.1) is 17.0 Å². The molecular formula is C15H23NO2S. The second-order valence-electron chi connectivity index (χ2n) is 5.95. The van der Waals surface area contributed by atoms with Crippen molar-refractivity contribution < 1.29 is 9.90 Å². The Bertz CT molecular complexity index is 441. The van der Waals surface area contributed by atoms with Crippen LogP contribution in [0, 0.1) is 0 Å². The first-order chi connectivity index (χ1) is 8.95. The average Bonchev–Trinajstić information content (AvgIpc) is 2.68. The standard InChI is InChI=1S/C15H23NO2S/c1-15(2,10-17)16(3)14(18)13-9-11-7-5-4-6-8-12(11)19-13/h9,17H,4-8,10H2,1-3H3. The SMILES string of the molecule is CN(C(=O)c1cc2c(s1)CCCCC2)C(C)(C)CO. The second-order valence-corrected chi connectivity index (χ2v) is 7.09. The molecule has 0 fully saturated rings. The van der Waals surface area contributed by atoms with Gasteiger partial charge in [-0.05, 0) is 51.2 Å². The number of carbonyl (C=O) groups excluding carboxylic acids is 1. The van der Waals surface area contributed by atoms with Crippen LogP contribution in [0.25, 0.3) is 0 Å². The monoisotopic (exact) mass is 281 g/mol. The van der Waals surface area contributed by atoms with Gasteiger partial charge in [0.2, 0.25) is 0 Å². The number of hydrogen-bond donors (Lipinski definition) is 1. The highest BCUT2D eigenvalue weighted by atomic mass is 32.1. The molecule has 1 amide bonds. The molecule has 0 bridgehead atoms. The van der Waals surface area contributed by atoms with Gasteiger partial charge in [-0.3, -0.25) is 4.79 Å². The van der Waals surface area contributed by atoms with E-state index < -0.39 is 5.54 Å². The van der Waals surface area contributed by atoms with E-state index >= 15 is 0 Å². The minimum Gasteiger partial charge on any atom is -0.394 e. The Balaban J connectivity index is 2.21. The van der Waals surface area contributed by atoms with E-state index in [4.69, 9.17) is 0 Å². The maximum atomic E-state index is 12.5. The highest BCUT2D eigenvalue weighted by Crippen LogP contribution is 2.30. The smallest absolute Gasteiger partial charge is 0.264 e. The molecule has 0 saturated heterocycles. The first-order valence-corrected chi connectivity index (χ1v) is 7.78. The van der Waals surface area contributed by atoms with Crippen LogP contribution in [0.1, 0.15) is 53.2 Å². The minimum atomic E-state index is -0.515. The zero-order valence-corrected chi connectivity index (χ0v) is 12.8. The summed E-state index contributed by atoms with van der Waals surface area (Å²) in [4.78, 5) is 16.3. The zero-order valence-electron chi connectivity index (χ0n) is 12.0. The number of fused-ring (bicyclic) bond motifs is 1. The van der Waals surface area contributed by atoms with Crippen LogP contribution in [-0.4, -0.2) is 35.1 Å². The maximum Gasteiger partial charge on any atom is 0.264 e. The number of hydrogen-bond acceptors (Lipinski definition) is 3. The third kappa shape index (κ3) is 3.00. The van der Waals surface area contributed by atoms with Crippen LogP contribution in [-0.2, 0) is 12.8 Å². The predicted octanol–water partition coefficient (Wildman–Crippen LogP) is 2.86. The molecule has 0 unspecified atom stereocenters. The molecule has 1 aromatic rings. The van der Waals surface area contributed by atoms with Gasteiger partial charge in [0.1, 0.15) is 0 Å². The van der Waals surface area contributed by atoms with E-state index in [1.54, 1.807) is 23.3 Å². The average molecular weight is 281 g/mol. The number of aliphatic hydroxyl groups is 1. The molecule has 0 saturated carbocycles. The van der Waals surface area contributed by atoms with E-state index in [0.29, 0.717) is 0 Å².